The smallest absolute Gasteiger partial charge is 0.0639 e. The number of aliphatic hydroxyl groups excluding tert-OH is 2. The van der Waals surface area contributed by atoms with E-state index in [1.165, 1.54) is 109 Å². The van der Waals surface area contributed by atoms with Crippen LogP contribution in [0, 0.1) is 0 Å². The zero-order valence-electron chi connectivity index (χ0n) is 19.6. The molecular formula is C25H53NO2. The maximum atomic E-state index is 9.56. The Morgan fingerprint density at radius 2 is 0.786 bits per heavy atom. The van der Waals surface area contributed by atoms with Crippen LogP contribution in [-0.2, 0) is 0 Å². The van der Waals surface area contributed by atoms with Crippen LogP contribution >= 0.6 is 0 Å². The Morgan fingerprint density at radius 1 is 0.500 bits per heavy atom. The van der Waals surface area contributed by atoms with Crippen molar-refractivity contribution < 1.29 is 10.2 Å². The van der Waals surface area contributed by atoms with Crippen molar-refractivity contribution in [1.29, 1.82) is 0 Å². The first-order chi connectivity index (χ1) is 13.6. The summed E-state index contributed by atoms with van der Waals surface area (Å²) >= 11 is 0. The Kier molecular flexibility index (Phi) is 21.5. The van der Waals surface area contributed by atoms with Gasteiger partial charge in [-0.05, 0) is 26.8 Å². The Bertz CT molecular complexity index is 284. The minimum atomic E-state index is -0.315. The lowest BCUT2D eigenvalue weighted by Crippen LogP contribution is -2.36. The highest BCUT2D eigenvalue weighted by Crippen LogP contribution is 2.14. The van der Waals surface area contributed by atoms with Gasteiger partial charge in [-0.2, -0.15) is 0 Å². The van der Waals surface area contributed by atoms with Crippen LogP contribution in [0.4, 0.5) is 0 Å². The molecule has 3 heteroatoms. The highest BCUT2D eigenvalue weighted by Gasteiger charge is 2.10. The van der Waals surface area contributed by atoms with Crippen molar-refractivity contribution in [3.05, 3.63) is 0 Å². The molecule has 0 aromatic rings. The number of aliphatic hydroxyl groups is 2. The molecular weight excluding hydrogens is 346 g/mol. The van der Waals surface area contributed by atoms with Crippen LogP contribution in [0.5, 0.6) is 0 Å². The highest BCUT2D eigenvalue weighted by molar-refractivity contribution is 4.64. The van der Waals surface area contributed by atoms with Crippen LogP contribution in [0.3, 0.4) is 0 Å². The van der Waals surface area contributed by atoms with Gasteiger partial charge < -0.3 is 10.2 Å². The van der Waals surface area contributed by atoms with Gasteiger partial charge in [-0.15, -0.1) is 0 Å². The van der Waals surface area contributed by atoms with E-state index in [-0.39, 0.29) is 12.2 Å². The van der Waals surface area contributed by atoms with E-state index in [0.29, 0.717) is 13.1 Å². The Balaban J connectivity index is 3.28. The molecule has 0 bridgehead atoms. The summed E-state index contributed by atoms with van der Waals surface area (Å²) in [5.74, 6) is 0. The second-order valence-corrected chi connectivity index (χ2v) is 9.11. The summed E-state index contributed by atoms with van der Waals surface area (Å²) in [6, 6.07) is 0. The first-order valence-corrected chi connectivity index (χ1v) is 12.6. The van der Waals surface area contributed by atoms with Crippen molar-refractivity contribution in [2.75, 3.05) is 19.6 Å². The lowest BCUT2D eigenvalue weighted by molar-refractivity contribution is 0.0825. The molecule has 28 heavy (non-hydrogen) atoms. The molecule has 3 nitrogen and oxygen atoms in total. The van der Waals surface area contributed by atoms with Gasteiger partial charge in [0.25, 0.3) is 0 Å². The van der Waals surface area contributed by atoms with Crippen LogP contribution in [-0.4, -0.2) is 47.0 Å². The van der Waals surface area contributed by atoms with E-state index in [0.717, 1.165) is 6.54 Å². The molecule has 170 valence electrons. The van der Waals surface area contributed by atoms with Gasteiger partial charge in [0.05, 0.1) is 12.2 Å². The first kappa shape index (κ1) is 27.9. The Morgan fingerprint density at radius 3 is 1.07 bits per heavy atom. The number of unbranched alkanes of at least 4 members (excludes halogenated alkanes) is 16. The lowest BCUT2D eigenvalue weighted by Gasteiger charge is -2.24. The van der Waals surface area contributed by atoms with Gasteiger partial charge in [0, 0.05) is 13.1 Å². The monoisotopic (exact) mass is 399 g/mol. The van der Waals surface area contributed by atoms with Crippen molar-refractivity contribution >= 4 is 0 Å². The van der Waals surface area contributed by atoms with Crippen LogP contribution in [0.15, 0.2) is 0 Å². The summed E-state index contributed by atoms with van der Waals surface area (Å²) in [7, 11) is 0. The SMILES string of the molecule is CCCCCCCCCCCCCCCCCCCN(CC(C)O)CC(C)O. The summed E-state index contributed by atoms with van der Waals surface area (Å²) in [6.07, 6.45) is 23.1. The summed E-state index contributed by atoms with van der Waals surface area (Å²) < 4.78 is 0. The fraction of sp³-hybridized carbons (Fsp3) is 1.00. The minimum absolute atomic E-state index is 0.315. The van der Waals surface area contributed by atoms with Crippen LogP contribution < -0.4 is 0 Å². The topological polar surface area (TPSA) is 43.7 Å². The van der Waals surface area contributed by atoms with E-state index >= 15 is 0 Å². The van der Waals surface area contributed by atoms with Crippen molar-refractivity contribution in [3.8, 4) is 0 Å². The fourth-order valence-corrected chi connectivity index (χ4v) is 4.06. The molecule has 2 atom stereocenters. The van der Waals surface area contributed by atoms with E-state index in [9.17, 15) is 10.2 Å². The van der Waals surface area contributed by atoms with Crippen LogP contribution in [0.1, 0.15) is 130 Å². The molecule has 0 aromatic heterocycles. The first-order valence-electron chi connectivity index (χ1n) is 12.6. The Hall–Kier alpha value is -0.120. The number of rotatable bonds is 22. The average Bonchev–Trinajstić information content (AvgIpc) is 2.63. The predicted octanol–water partition coefficient (Wildman–Crippen LogP) is 6.70. The molecule has 0 fully saturated rings. The van der Waals surface area contributed by atoms with Gasteiger partial charge in [-0.25, -0.2) is 0 Å². The van der Waals surface area contributed by atoms with E-state index in [1.807, 2.05) is 13.8 Å². The van der Waals surface area contributed by atoms with Gasteiger partial charge in [-0.3, -0.25) is 4.90 Å². The number of nitrogens with zero attached hydrogens (tertiary/aromatic N) is 1. The molecule has 0 amide bonds. The average molecular weight is 400 g/mol. The van der Waals surface area contributed by atoms with E-state index in [1.54, 1.807) is 0 Å². The van der Waals surface area contributed by atoms with Crippen LogP contribution in [0.2, 0.25) is 0 Å². The molecule has 0 spiro atoms. The summed E-state index contributed by atoms with van der Waals surface area (Å²) in [5.41, 5.74) is 0. The zero-order valence-corrected chi connectivity index (χ0v) is 19.6. The predicted molar refractivity (Wildman–Crippen MR) is 124 cm³/mol. The number of hydrogen-bond acceptors (Lipinski definition) is 3. The maximum Gasteiger partial charge on any atom is 0.0639 e. The third kappa shape index (κ3) is 22.2. The standard InChI is InChI=1S/C25H53NO2/c1-4-5-6-7-8-9-10-11-12-13-14-15-16-17-18-19-20-21-26(22-24(2)27)23-25(3)28/h24-25,27-28H,4-23H2,1-3H3. The second kappa shape index (κ2) is 21.6. The third-order valence-corrected chi connectivity index (χ3v) is 5.62. The van der Waals surface area contributed by atoms with Crippen molar-refractivity contribution in [2.45, 2.75) is 142 Å². The van der Waals surface area contributed by atoms with E-state index < -0.39 is 0 Å². The molecule has 2 unspecified atom stereocenters. The minimum Gasteiger partial charge on any atom is -0.392 e. The quantitative estimate of drug-likeness (QED) is 0.199. The molecule has 0 aliphatic carbocycles. The summed E-state index contributed by atoms with van der Waals surface area (Å²) in [4.78, 5) is 2.19. The fourth-order valence-electron chi connectivity index (χ4n) is 4.06. The molecule has 0 radical (unpaired) electrons. The van der Waals surface area contributed by atoms with E-state index in [4.69, 9.17) is 0 Å². The summed E-state index contributed by atoms with van der Waals surface area (Å²) in [6.45, 7) is 8.27. The van der Waals surface area contributed by atoms with Crippen LogP contribution in [0.25, 0.3) is 0 Å². The molecule has 0 aliphatic heterocycles. The molecule has 0 saturated carbocycles. The van der Waals surface area contributed by atoms with Gasteiger partial charge in [0.1, 0.15) is 0 Å². The Labute approximate surface area is 177 Å². The third-order valence-electron chi connectivity index (χ3n) is 5.62. The van der Waals surface area contributed by atoms with Crippen molar-refractivity contribution in [2.24, 2.45) is 0 Å². The molecule has 0 aliphatic rings. The second-order valence-electron chi connectivity index (χ2n) is 9.11. The highest BCUT2D eigenvalue weighted by atomic mass is 16.3. The largest absolute Gasteiger partial charge is 0.392 e. The van der Waals surface area contributed by atoms with E-state index in [2.05, 4.69) is 11.8 Å². The molecule has 0 saturated heterocycles. The van der Waals surface area contributed by atoms with Crippen molar-refractivity contribution in [1.82, 2.24) is 4.90 Å². The van der Waals surface area contributed by atoms with Gasteiger partial charge in [-0.1, -0.05) is 110 Å². The van der Waals surface area contributed by atoms with Gasteiger partial charge in [0.15, 0.2) is 0 Å². The molecule has 0 heterocycles. The zero-order chi connectivity index (χ0) is 20.9. The normalized spacial score (nSPS) is 13.9. The molecule has 2 N–H and O–H groups in total. The summed E-state index contributed by atoms with van der Waals surface area (Å²) in [5, 5.41) is 19.1. The molecule has 0 aromatic carbocycles. The van der Waals surface area contributed by atoms with Crippen molar-refractivity contribution in [3.63, 3.8) is 0 Å². The maximum absolute atomic E-state index is 9.56. The lowest BCUT2D eigenvalue weighted by atomic mass is 10.0. The van der Waals surface area contributed by atoms with Gasteiger partial charge in [0.2, 0.25) is 0 Å². The van der Waals surface area contributed by atoms with Gasteiger partial charge >= 0.3 is 0 Å². The molecule has 0 rings (SSSR count). The number of hydrogen-bond donors (Lipinski definition) is 2.